The van der Waals surface area contributed by atoms with Crippen LogP contribution in [-0.4, -0.2) is 31.3 Å². The van der Waals surface area contributed by atoms with Crippen LogP contribution in [0.3, 0.4) is 0 Å². The highest BCUT2D eigenvalue weighted by molar-refractivity contribution is 7.89. The molecule has 33 heavy (non-hydrogen) atoms. The van der Waals surface area contributed by atoms with Crippen molar-refractivity contribution in [2.45, 2.75) is 37.9 Å². The van der Waals surface area contributed by atoms with Gasteiger partial charge in [0.1, 0.15) is 0 Å². The third-order valence-corrected chi connectivity index (χ3v) is 6.04. The number of hydrogen-bond donors (Lipinski definition) is 1. The van der Waals surface area contributed by atoms with Crippen molar-refractivity contribution in [3.8, 4) is 0 Å². The maximum atomic E-state index is 13.3. The summed E-state index contributed by atoms with van der Waals surface area (Å²) in [4.78, 5) is 27.5. The van der Waals surface area contributed by atoms with Gasteiger partial charge in [-0.25, -0.2) is 18.4 Å². The molecule has 0 radical (unpaired) electrons. The molecule has 0 aliphatic carbocycles. The van der Waals surface area contributed by atoms with Gasteiger partial charge in [-0.05, 0) is 42.7 Å². The molecule has 3 aromatic carbocycles. The van der Waals surface area contributed by atoms with Gasteiger partial charge in [0.25, 0.3) is 5.91 Å². The second-order valence-corrected chi connectivity index (χ2v) is 9.30. The van der Waals surface area contributed by atoms with Crippen molar-refractivity contribution in [1.29, 1.82) is 0 Å². The second kappa shape index (κ2) is 10.4. The molecule has 1 unspecified atom stereocenters. The molecule has 3 rings (SSSR count). The highest BCUT2D eigenvalue weighted by Gasteiger charge is 2.26. The molecular formula is C25H26N2O5S. The minimum atomic E-state index is -3.99. The third kappa shape index (κ3) is 6.50. The van der Waals surface area contributed by atoms with Gasteiger partial charge in [-0.15, -0.1) is 0 Å². The molecule has 0 bridgehead atoms. The number of ether oxygens (including phenoxy) is 1. The number of aryl methyl sites for hydroxylation is 1. The molecule has 8 heteroatoms. The normalized spacial score (nSPS) is 12.1. The first-order valence-electron chi connectivity index (χ1n) is 10.4. The molecule has 0 aliphatic rings. The molecule has 0 saturated heterocycles. The van der Waals surface area contributed by atoms with Gasteiger partial charge in [0, 0.05) is 13.1 Å². The monoisotopic (exact) mass is 466 g/mol. The van der Waals surface area contributed by atoms with Gasteiger partial charge in [0.2, 0.25) is 10.0 Å². The lowest BCUT2D eigenvalue weighted by molar-refractivity contribution is -0.141. The van der Waals surface area contributed by atoms with Crippen LogP contribution in [0.4, 0.5) is 0 Å². The predicted molar refractivity (Wildman–Crippen MR) is 125 cm³/mol. The number of hydrogen-bond acceptors (Lipinski definition) is 5. The Labute approximate surface area is 193 Å². The van der Waals surface area contributed by atoms with Gasteiger partial charge < -0.3 is 9.64 Å². The summed E-state index contributed by atoms with van der Waals surface area (Å²) < 4.78 is 28.7. The number of esters is 1. The maximum absolute atomic E-state index is 13.3. The molecule has 3 aromatic rings. The predicted octanol–water partition coefficient (Wildman–Crippen LogP) is 3.42. The van der Waals surface area contributed by atoms with Crippen molar-refractivity contribution < 1.29 is 22.7 Å². The van der Waals surface area contributed by atoms with Gasteiger partial charge in [0.15, 0.2) is 6.10 Å². The van der Waals surface area contributed by atoms with E-state index in [0.29, 0.717) is 18.7 Å². The Morgan fingerprint density at radius 2 is 1.42 bits per heavy atom. The van der Waals surface area contributed by atoms with Crippen LogP contribution in [0.15, 0.2) is 83.8 Å². The first kappa shape index (κ1) is 24.2. The summed E-state index contributed by atoms with van der Waals surface area (Å²) in [7, 11) is -3.99. The quantitative estimate of drug-likeness (QED) is 0.512. The van der Waals surface area contributed by atoms with Gasteiger partial charge in [-0.1, -0.05) is 66.7 Å². The number of carbonyl (C=O) groups excluding carboxylic acids is 2. The van der Waals surface area contributed by atoms with Crippen LogP contribution in [0.25, 0.3) is 0 Å². The fourth-order valence-corrected chi connectivity index (χ4v) is 3.89. The molecule has 0 aliphatic heterocycles. The number of nitrogens with two attached hydrogens (primary N) is 1. The van der Waals surface area contributed by atoms with Crippen LogP contribution in [0.5, 0.6) is 0 Å². The van der Waals surface area contributed by atoms with E-state index in [9.17, 15) is 18.0 Å². The van der Waals surface area contributed by atoms with Gasteiger partial charge >= 0.3 is 5.97 Å². The number of primary sulfonamides is 1. The molecule has 0 heterocycles. The zero-order valence-electron chi connectivity index (χ0n) is 18.5. The summed E-state index contributed by atoms with van der Waals surface area (Å²) in [5.74, 6) is -1.16. The number of nitrogens with zero attached hydrogens (tertiary/aromatic N) is 1. The van der Waals surface area contributed by atoms with E-state index in [2.05, 4.69) is 0 Å². The van der Waals surface area contributed by atoms with Crippen molar-refractivity contribution in [3.05, 3.63) is 101 Å². The van der Waals surface area contributed by atoms with E-state index in [-0.39, 0.29) is 16.4 Å². The highest BCUT2D eigenvalue weighted by Crippen LogP contribution is 2.18. The Morgan fingerprint density at radius 3 is 1.91 bits per heavy atom. The SMILES string of the molecule is Cc1ccc(S(N)(=O)=O)cc1C(=O)OC(C)C(=O)N(Cc1ccccc1)Cc1ccccc1. The summed E-state index contributed by atoms with van der Waals surface area (Å²) >= 11 is 0. The zero-order chi connectivity index (χ0) is 24.0. The third-order valence-electron chi connectivity index (χ3n) is 5.13. The summed E-state index contributed by atoms with van der Waals surface area (Å²) in [6.07, 6.45) is -1.08. The summed E-state index contributed by atoms with van der Waals surface area (Å²) in [5.41, 5.74) is 2.44. The Kier molecular flexibility index (Phi) is 7.63. The Morgan fingerprint density at radius 1 is 0.909 bits per heavy atom. The van der Waals surface area contributed by atoms with E-state index in [0.717, 1.165) is 17.2 Å². The summed E-state index contributed by atoms with van der Waals surface area (Å²) in [6, 6.07) is 23.0. The van der Waals surface area contributed by atoms with E-state index in [1.54, 1.807) is 11.8 Å². The molecule has 0 fully saturated rings. The van der Waals surface area contributed by atoms with E-state index in [1.807, 2.05) is 60.7 Å². The van der Waals surface area contributed by atoms with Gasteiger partial charge in [-0.2, -0.15) is 0 Å². The first-order chi connectivity index (χ1) is 15.6. The largest absolute Gasteiger partial charge is 0.449 e. The topological polar surface area (TPSA) is 107 Å². The van der Waals surface area contributed by atoms with Crippen LogP contribution >= 0.6 is 0 Å². The van der Waals surface area contributed by atoms with E-state index >= 15 is 0 Å². The molecule has 172 valence electrons. The zero-order valence-corrected chi connectivity index (χ0v) is 19.3. The molecule has 1 amide bonds. The fourth-order valence-electron chi connectivity index (χ4n) is 3.35. The molecule has 0 saturated carbocycles. The lowest BCUT2D eigenvalue weighted by atomic mass is 10.1. The lowest BCUT2D eigenvalue weighted by Gasteiger charge is -2.26. The lowest BCUT2D eigenvalue weighted by Crippen LogP contribution is -2.39. The van der Waals surface area contributed by atoms with Gasteiger partial charge in [-0.3, -0.25) is 4.79 Å². The van der Waals surface area contributed by atoms with Crippen molar-refractivity contribution >= 4 is 21.9 Å². The number of sulfonamides is 1. The van der Waals surface area contributed by atoms with Crippen LogP contribution in [-0.2, 0) is 32.6 Å². The van der Waals surface area contributed by atoms with Crippen molar-refractivity contribution in [2.24, 2.45) is 5.14 Å². The molecular weight excluding hydrogens is 440 g/mol. The second-order valence-electron chi connectivity index (χ2n) is 7.73. The average Bonchev–Trinajstić information content (AvgIpc) is 2.79. The van der Waals surface area contributed by atoms with Crippen LogP contribution in [0.2, 0.25) is 0 Å². The standard InChI is InChI=1S/C25H26N2O5S/c1-18-13-14-22(33(26,30)31)15-23(18)25(29)32-19(2)24(28)27(16-20-9-5-3-6-10-20)17-21-11-7-4-8-12-21/h3-15,19H,16-17H2,1-2H3,(H2,26,30,31). The Hall–Kier alpha value is -3.49. The van der Waals surface area contributed by atoms with Crippen LogP contribution < -0.4 is 5.14 Å². The average molecular weight is 467 g/mol. The number of amides is 1. The first-order valence-corrected chi connectivity index (χ1v) is 11.9. The Balaban J connectivity index is 1.80. The van der Waals surface area contributed by atoms with Crippen LogP contribution in [0.1, 0.15) is 34.0 Å². The smallest absolute Gasteiger partial charge is 0.339 e. The van der Waals surface area contributed by atoms with Crippen molar-refractivity contribution in [3.63, 3.8) is 0 Å². The van der Waals surface area contributed by atoms with Gasteiger partial charge in [0.05, 0.1) is 10.5 Å². The maximum Gasteiger partial charge on any atom is 0.339 e. The minimum absolute atomic E-state index is 0.0406. The van der Waals surface area contributed by atoms with E-state index < -0.39 is 22.1 Å². The van der Waals surface area contributed by atoms with Crippen LogP contribution in [0, 0.1) is 6.92 Å². The number of rotatable bonds is 8. The molecule has 2 N–H and O–H groups in total. The highest BCUT2D eigenvalue weighted by atomic mass is 32.2. The molecule has 1 atom stereocenters. The van der Waals surface area contributed by atoms with Crippen molar-refractivity contribution in [1.82, 2.24) is 4.90 Å². The summed E-state index contributed by atoms with van der Waals surface area (Å²) in [6.45, 7) is 3.84. The minimum Gasteiger partial charge on any atom is -0.449 e. The Bertz CT molecular complexity index is 1190. The van der Waals surface area contributed by atoms with E-state index in [1.165, 1.54) is 19.1 Å². The fraction of sp³-hybridized carbons (Fsp3) is 0.200. The van der Waals surface area contributed by atoms with E-state index in [4.69, 9.17) is 9.88 Å². The molecule has 0 spiro atoms. The van der Waals surface area contributed by atoms with Crippen molar-refractivity contribution in [2.75, 3.05) is 0 Å². The number of benzene rings is 3. The molecule has 7 nitrogen and oxygen atoms in total. The summed E-state index contributed by atoms with van der Waals surface area (Å²) in [5, 5.41) is 5.17. The molecule has 0 aromatic heterocycles. The number of carbonyl (C=O) groups is 2.